The van der Waals surface area contributed by atoms with Crippen molar-refractivity contribution in [1.29, 1.82) is 0 Å². The number of aliphatic hydroxyl groups excluding tert-OH is 2. The molecule has 146 valence electrons. The maximum atomic E-state index is 12.2. The number of anilines is 1. The van der Waals surface area contributed by atoms with E-state index in [1.165, 1.54) is 0 Å². The molecular formula is C19H25N3O5. The van der Waals surface area contributed by atoms with Gasteiger partial charge in [0.1, 0.15) is 18.3 Å². The Labute approximate surface area is 158 Å². The Morgan fingerprint density at radius 1 is 1.15 bits per heavy atom. The highest BCUT2D eigenvalue weighted by Crippen LogP contribution is 2.23. The quantitative estimate of drug-likeness (QED) is 0.460. The number of hydrogen-bond donors (Lipinski definition) is 4. The van der Waals surface area contributed by atoms with Gasteiger partial charge in [0.25, 0.3) is 5.91 Å². The Kier molecular flexibility index (Phi) is 7.19. The fourth-order valence-corrected chi connectivity index (χ4v) is 2.77. The summed E-state index contributed by atoms with van der Waals surface area (Å²) >= 11 is 0. The molecule has 0 unspecified atom stereocenters. The van der Waals surface area contributed by atoms with Crippen molar-refractivity contribution in [1.82, 2.24) is 10.6 Å². The van der Waals surface area contributed by atoms with Gasteiger partial charge in [-0.2, -0.15) is 0 Å². The molecule has 8 heteroatoms. The number of benzene rings is 1. The molecule has 1 fully saturated rings. The van der Waals surface area contributed by atoms with Gasteiger partial charge in [0.2, 0.25) is 5.91 Å². The fourth-order valence-electron chi connectivity index (χ4n) is 2.77. The summed E-state index contributed by atoms with van der Waals surface area (Å²) in [5.41, 5.74) is 1.44. The van der Waals surface area contributed by atoms with E-state index in [1.54, 1.807) is 12.1 Å². The molecule has 1 aliphatic heterocycles. The first-order chi connectivity index (χ1) is 12.8. The molecule has 0 aromatic heterocycles. The van der Waals surface area contributed by atoms with Gasteiger partial charge in [-0.1, -0.05) is 5.92 Å². The van der Waals surface area contributed by atoms with Crippen LogP contribution >= 0.6 is 0 Å². The van der Waals surface area contributed by atoms with Crippen LogP contribution in [-0.2, 0) is 9.53 Å². The number of hydrogen-bond acceptors (Lipinski definition) is 6. The van der Waals surface area contributed by atoms with Crippen molar-refractivity contribution in [3.8, 4) is 12.3 Å². The molecule has 2 rings (SSSR count). The van der Waals surface area contributed by atoms with Gasteiger partial charge in [-0.05, 0) is 24.3 Å². The van der Waals surface area contributed by atoms with Crippen molar-refractivity contribution in [2.75, 3.05) is 32.1 Å². The van der Waals surface area contributed by atoms with Gasteiger partial charge in [0.05, 0.1) is 19.1 Å². The molecule has 0 aliphatic carbocycles. The molecule has 1 saturated heterocycles. The van der Waals surface area contributed by atoms with Crippen LogP contribution in [0.25, 0.3) is 0 Å². The summed E-state index contributed by atoms with van der Waals surface area (Å²) in [4.78, 5) is 25.9. The van der Waals surface area contributed by atoms with E-state index in [1.807, 2.05) is 31.1 Å². The lowest BCUT2D eigenvalue weighted by atomic mass is 10.1. The van der Waals surface area contributed by atoms with E-state index < -0.39 is 24.4 Å². The number of nitrogens with zero attached hydrogens (tertiary/aromatic N) is 1. The molecule has 1 aromatic rings. The summed E-state index contributed by atoms with van der Waals surface area (Å²) in [6.07, 6.45) is 0.845. The number of nitrogens with one attached hydrogen (secondary N) is 2. The Bertz CT molecular complexity index is 698. The van der Waals surface area contributed by atoms with Crippen LogP contribution in [0.15, 0.2) is 24.3 Å². The van der Waals surface area contributed by atoms with Gasteiger partial charge in [0, 0.05) is 31.9 Å². The number of rotatable bonds is 7. The minimum Gasteiger partial charge on any atom is -0.388 e. The minimum atomic E-state index is -1.22. The first kappa shape index (κ1) is 20.7. The lowest BCUT2D eigenvalue weighted by molar-refractivity contribution is -0.124. The van der Waals surface area contributed by atoms with Crippen LogP contribution in [0.2, 0.25) is 0 Å². The van der Waals surface area contributed by atoms with E-state index in [0.717, 1.165) is 5.69 Å². The van der Waals surface area contributed by atoms with Crippen LogP contribution in [0.3, 0.4) is 0 Å². The highest BCUT2D eigenvalue weighted by atomic mass is 16.5. The maximum absolute atomic E-state index is 12.2. The normalized spacial score (nSPS) is 24.1. The zero-order valence-electron chi connectivity index (χ0n) is 15.4. The Morgan fingerprint density at radius 3 is 2.37 bits per heavy atom. The van der Waals surface area contributed by atoms with Crippen LogP contribution in [0.4, 0.5) is 5.69 Å². The summed E-state index contributed by atoms with van der Waals surface area (Å²) in [6, 6.07) is 7.04. The van der Waals surface area contributed by atoms with Crippen molar-refractivity contribution >= 4 is 17.5 Å². The van der Waals surface area contributed by atoms with Crippen LogP contribution in [0.5, 0.6) is 0 Å². The van der Waals surface area contributed by atoms with Crippen molar-refractivity contribution in [3.63, 3.8) is 0 Å². The van der Waals surface area contributed by atoms with E-state index in [2.05, 4.69) is 16.6 Å². The van der Waals surface area contributed by atoms with Crippen molar-refractivity contribution in [3.05, 3.63) is 29.8 Å². The molecule has 27 heavy (non-hydrogen) atoms. The Balaban J connectivity index is 1.87. The van der Waals surface area contributed by atoms with Gasteiger partial charge in [-0.15, -0.1) is 6.42 Å². The predicted molar refractivity (Wildman–Crippen MR) is 100 cm³/mol. The van der Waals surface area contributed by atoms with Crippen molar-refractivity contribution in [2.24, 2.45) is 0 Å². The number of amides is 2. The van der Waals surface area contributed by atoms with Crippen molar-refractivity contribution < 1.29 is 24.5 Å². The molecular weight excluding hydrogens is 350 g/mol. The topological polar surface area (TPSA) is 111 Å². The first-order valence-corrected chi connectivity index (χ1v) is 8.60. The number of carbonyl (C=O) groups excluding carboxylic acids is 2. The molecule has 4 N–H and O–H groups in total. The van der Waals surface area contributed by atoms with Crippen LogP contribution in [0.1, 0.15) is 16.8 Å². The third kappa shape index (κ3) is 5.44. The van der Waals surface area contributed by atoms with Gasteiger partial charge in [-0.3, -0.25) is 9.59 Å². The lowest BCUT2D eigenvalue weighted by Crippen LogP contribution is -2.40. The molecule has 0 radical (unpaired) electrons. The molecule has 4 atom stereocenters. The SMILES string of the molecule is C#CCNC(=O)C[C@@H]1O[C@@H](CNC(=O)c2ccc(N(C)C)cc2)[C@@H](O)[C@H]1O. The van der Waals surface area contributed by atoms with Gasteiger partial charge < -0.3 is 30.5 Å². The molecule has 1 heterocycles. The maximum Gasteiger partial charge on any atom is 0.251 e. The average Bonchev–Trinajstić information content (AvgIpc) is 2.92. The van der Waals surface area contributed by atoms with E-state index in [-0.39, 0.29) is 31.3 Å². The molecule has 0 bridgehead atoms. The molecule has 2 amide bonds. The summed E-state index contributed by atoms with van der Waals surface area (Å²) in [5, 5.41) is 25.3. The molecule has 1 aliphatic rings. The monoisotopic (exact) mass is 375 g/mol. The smallest absolute Gasteiger partial charge is 0.251 e. The van der Waals surface area contributed by atoms with Gasteiger partial charge >= 0.3 is 0 Å². The largest absolute Gasteiger partial charge is 0.388 e. The second-order valence-electron chi connectivity index (χ2n) is 6.53. The number of aliphatic hydroxyl groups is 2. The lowest BCUT2D eigenvalue weighted by Gasteiger charge is -2.16. The van der Waals surface area contributed by atoms with Crippen LogP contribution in [0, 0.1) is 12.3 Å². The highest BCUT2D eigenvalue weighted by Gasteiger charge is 2.43. The van der Waals surface area contributed by atoms with E-state index in [0.29, 0.717) is 5.56 Å². The third-order valence-corrected chi connectivity index (χ3v) is 4.35. The van der Waals surface area contributed by atoms with Crippen LogP contribution < -0.4 is 15.5 Å². The van der Waals surface area contributed by atoms with E-state index in [4.69, 9.17) is 11.2 Å². The standard InChI is InChI=1S/C19H25N3O5/c1-4-9-20-16(23)10-14-17(24)18(25)15(27-14)11-21-19(26)12-5-7-13(8-6-12)22(2)3/h1,5-8,14-15,17-18,24-25H,9-11H2,2-3H3,(H,20,23)(H,21,26)/t14-,15-,17-,18+/m0/s1. The second-order valence-corrected chi connectivity index (χ2v) is 6.53. The summed E-state index contributed by atoms with van der Waals surface area (Å²) in [5.74, 6) is 1.58. The predicted octanol–water partition coefficient (Wildman–Crippen LogP) is -0.889. The minimum absolute atomic E-state index is 0.00890. The molecule has 1 aromatic carbocycles. The van der Waals surface area contributed by atoms with Gasteiger partial charge in [0.15, 0.2) is 0 Å². The van der Waals surface area contributed by atoms with Crippen LogP contribution in [-0.4, -0.2) is 73.6 Å². The summed E-state index contributed by atoms with van der Waals surface area (Å²) < 4.78 is 5.54. The van der Waals surface area contributed by atoms with E-state index >= 15 is 0 Å². The fraction of sp³-hybridized carbons (Fsp3) is 0.474. The summed E-state index contributed by atoms with van der Waals surface area (Å²) in [7, 11) is 3.81. The molecule has 8 nitrogen and oxygen atoms in total. The Morgan fingerprint density at radius 2 is 1.78 bits per heavy atom. The highest BCUT2D eigenvalue weighted by molar-refractivity contribution is 5.94. The molecule has 0 spiro atoms. The second kappa shape index (κ2) is 9.37. The zero-order valence-corrected chi connectivity index (χ0v) is 15.4. The number of terminal acetylenes is 1. The summed E-state index contributed by atoms with van der Waals surface area (Å²) in [6.45, 7) is 0.0886. The number of ether oxygens (including phenoxy) is 1. The number of carbonyl (C=O) groups is 2. The van der Waals surface area contributed by atoms with E-state index in [9.17, 15) is 19.8 Å². The molecule has 0 saturated carbocycles. The Hall–Kier alpha value is -2.60. The first-order valence-electron chi connectivity index (χ1n) is 8.60. The van der Waals surface area contributed by atoms with Gasteiger partial charge in [-0.25, -0.2) is 0 Å². The third-order valence-electron chi connectivity index (χ3n) is 4.35. The zero-order chi connectivity index (χ0) is 20.0. The average molecular weight is 375 g/mol. The van der Waals surface area contributed by atoms with Crippen molar-refractivity contribution in [2.45, 2.75) is 30.8 Å².